The molecule has 0 spiro atoms. The van der Waals surface area contributed by atoms with Crippen molar-refractivity contribution in [1.82, 2.24) is 4.98 Å². The van der Waals surface area contributed by atoms with Crippen molar-refractivity contribution in [2.24, 2.45) is 0 Å². The summed E-state index contributed by atoms with van der Waals surface area (Å²) in [6, 6.07) is 5.60. The number of halogens is 2. The molecule has 0 atom stereocenters. The van der Waals surface area contributed by atoms with Crippen LogP contribution in [0.15, 0.2) is 22.6 Å². The van der Waals surface area contributed by atoms with Crippen molar-refractivity contribution in [2.75, 3.05) is 23.8 Å². The van der Waals surface area contributed by atoms with E-state index in [9.17, 15) is 0 Å². The third-order valence-electron chi connectivity index (χ3n) is 3.00. The van der Waals surface area contributed by atoms with Gasteiger partial charge in [0.15, 0.2) is 0 Å². The highest BCUT2D eigenvalue weighted by Gasteiger charge is 2.14. The van der Waals surface area contributed by atoms with Gasteiger partial charge in [0.1, 0.15) is 23.2 Å². The highest BCUT2D eigenvalue weighted by atomic mass is 35.5. The zero-order valence-corrected chi connectivity index (χ0v) is 13.9. The van der Waals surface area contributed by atoms with Gasteiger partial charge in [-0.3, -0.25) is 0 Å². The van der Waals surface area contributed by atoms with Crippen LogP contribution in [0.4, 0.5) is 11.6 Å². The normalized spacial score (nSPS) is 10.7. The van der Waals surface area contributed by atoms with Crippen LogP contribution in [0.5, 0.6) is 0 Å². The lowest BCUT2D eigenvalue weighted by molar-refractivity contribution is 0.481. The number of anilines is 2. The van der Waals surface area contributed by atoms with Gasteiger partial charge in [0.25, 0.3) is 0 Å². The Kier molecular flexibility index (Phi) is 5.37. The smallest absolute Gasteiger partial charge is 0.150 e. The maximum Gasteiger partial charge on any atom is 0.150 e. The van der Waals surface area contributed by atoms with E-state index in [0.29, 0.717) is 28.2 Å². The van der Waals surface area contributed by atoms with Crippen molar-refractivity contribution in [3.05, 3.63) is 39.8 Å². The Balaban J connectivity index is 2.20. The van der Waals surface area contributed by atoms with Gasteiger partial charge in [-0.1, -0.05) is 30.1 Å². The van der Waals surface area contributed by atoms with Gasteiger partial charge in [0.05, 0.1) is 16.6 Å². The molecule has 4 nitrogen and oxygen atoms in total. The Hall–Kier alpha value is -1.39. The molecule has 0 fully saturated rings. The maximum atomic E-state index is 6.25. The van der Waals surface area contributed by atoms with Crippen LogP contribution in [0.2, 0.25) is 10.0 Å². The number of aromatic nitrogens is 1. The Bertz CT molecular complexity index is 613. The summed E-state index contributed by atoms with van der Waals surface area (Å²) < 4.78 is 5.58. The number of aryl methyl sites for hydroxylation is 1. The number of furan rings is 1. The second-order valence-corrected chi connectivity index (χ2v) is 5.73. The molecule has 2 heterocycles. The molecule has 0 aliphatic carbocycles. The summed E-state index contributed by atoms with van der Waals surface area (Å²) in [5, 5.41) is 4.25. The van der Waals surface area contributed by atoms with Crippen molar-refractivity contribution in [3.63, 3.8) is 0 Å². The second kappa shape index (κ2) is 7.05. The van der Waals surface area contributed by atoms with Crippen LogP contribution >= 0.6 is 23.2 Å². The zero-order valence-electron chi connectivity index (χ0n) is 12.4. The minimum absolute atomic E-state index is 0.521. The number of pyridine rings is 1. The Morgan fingerprint density at radius 2 is 2.05 bits per heavy atom. The minimum Gasteiger partial charge on any atom is -0.464 e. The summed E-state index contributed by atoms with van der Waals surface area (Å²) in [5.74, 6) is 3.08. The molecule has 0 amide bonds. The molecule has 2 aromatic heterocycles. The van der Waals surface area contributed by atoms with Crippen LogP contribution in [-0.2, 0) is 6.54 Å². The van der Waals surface area contributed by atoms with Gasteiger partial charge in [0, 0.05) is 13.6 Å². The molecular formula is C15H19Cl2N3O. The maximum absolute atomic E-state index is 6.25. The van der Waals surface area contributed by atoms with Crippen molar-refractivity contribution in [3.8, 4) is 0 Å². The van der Waals surface area contributed by atoms with E-state index < -0.39 is 0 Å². The number of hydrogen-bond donors (Lipinski definition) is 1. The molecule has 2 rings (SSSR count). The van der Waals surface area contributed by atoms with Crippen LogP contribution < -0.4 is 10.2 Å². The van der Waals surface area contributed by atoms with E-state index >= 15 is 0 Å². The predicted molar refractivity (Wildman–Crippen MR) is 88.6 cm³/mol. The fourth-order valence-corrected chi connectivity index (χ4v) is 2.54. The van der Waals surface area contributed by atoms with E-state index in [-0.39, 0.29) is 0 Å². The molecule has 0 saturated heterocycles. The minimum atomic E-state index is 0.521. The first kappa shape index (κ1) is 16.0. The van der Waals surface area contributed by atoms with Gasteiger partial charge in [0.2, 0.25) is 0 Å². The predicted octanol–water partition coefficient (Wildman–Crippen LogP) is 4.75. The van der Waals surface area contributed by atoms with Gasteiger partial charge in [-0.05, 0) is 31.5 Å². The average molecular weight is 328 g/mol. The highest BCUT2D eigenvalue weighted by molar-refractivity contribution is 6.37. The summed E-state index contributed by atoms with van der Waals surface area (Å²) in [7, 11) is 1.92. The highest BCUT2D eigenvalue weighted by Crippen LogP contribution is 2.31. The van der Waals surface area contributed by atoms with E-state index in [1.165, 1.54) is 0 Å². The lowest BCUT2D eigenvalue weighted by Gasteiger charge is -2.20. The Morgan fingerprint density at radius 3 is 2.67 bits per heavy atom. The largest absolute Gasteiger partial charge is 0.464 e. The van der Waals surface area contributed by atoms with Gasteiger partial charge in [-0.15, -0.1) is 0 Å². The Morgan fingerprint density at radius 1 is 1.29 bits per heavy atom. The van der Waals surface area contributed by atoms with E-state index in [0.717, 1.165) is 24.5 Å². The first-order chi connectivity index (χ1) is 10.0. The topological polar surface area (TPSA) is 41.3 Å². The SMILES string of the molecule is CCCNc1nc(N(C)Cc2ccc(C)o2)c(Cl)cc1Cl. The van der Waals surface area contributed by atoms with Gasteiger partial charge in [-0.25, -0.2) is 4.98 Å². The molecule has 0 unspecified atom stereocenters. The zero-order chi connectivity index (χ0) is 15.4. The summed E-state index contributed by atoms with van der Waals surface area (Å²) in [6.07, 6.45) is 0.998. The lowest BCUT2D eigenvalue weighted by Crippen LogP contribution is -2.18. The fourth-order valence-electron chi connectivity index (χ4n) is 1.97. The molecule has 2 aromatic rings. The van der Waals surface area contributed by atoms with Gasteiger partial charge < -0.3 is 14.6 Å². The third kappa shape index (κ3) is 4.05. The first-order valence-electron chi connectivity index (χ1n) is 6.87. The molecular weight excluding hydrogens is 309 g/mol. The summed E-state index contributed by atoms with van der Waals surface area (Å²) in [4.78, 5) is 6.46. The number of nitrogens with one attached hydrogen (secondary N) is 1. The monoisotopic (exact) mass is 327 g/mol. The molecule has 0 aromatic carbocycles. The molecule has 21 heavy (non-hydrogen) atoms. The van der Waals surface area contributed by atoms with Crippen LogP contribution in [0.1, 0.15) is 24.9 Å². The summed E-state index contributed by atoms with van der Waals surface area (Å²) >= 11 is 12.4. The van der Waals surface area contributed by atoms with E-state index in [1.54, 1.807) is 6.07 Å². The lowest BCUT2D eigenvalue weighted by atomic mass is 10.3. The summed E-state index contributed by atoms with van der Waals surface area (Å²) in [5.41, 5.74) is 0. The molecule has 0 saturated carbocycles. The molecule has 6 heteroatoms. The van der Waals surface area contributed by atoms with E-state index in [1.807, 2.05) is 31.0 Å². The van der Waals surface area contributed by atoms with Gasteiger partial charge >= 0.3 is 0 Å². The van der Waals surface area contributed by atoms with E-state index in [4.69, 9.17) is 27.6 Å². The standard InChI is InChI=1S/C15H19Cl2N3O/c1-4-7-18-14-12(16)8-13(17)15(19-14)20(3)9-11-6-5-10(2)21-11/h5-6,8H,4,7,9H2,1-3H3,(H,18,19). The number of nitrogens with zero attached hydrogens (tertiary/aromatic N) is 2. The quantitative estimate of drug-likeness (QED) is 0.831. The average Bonchev–Trinajstić information content (AvgIpc) is 2.83. The molecule has 0 aliphatic rings. The molecule has 0 radical (unpaired) electrons. The molecule has 114 valence electrons. The fraction of sp³-hybridized carbons (Fsp3) is 0.400. The van der Waals surface area contributed by atoms with Crippen LogP contribution in [0.25, 0.3) is 0 Å². The third-order valence-corrected chi connectivity index (χ3v) is 3.57. The molecule has 1 N–H and O–H groups in total. The van der Waals surface area contributed by atoms with Crippen LogP contribution in [0, 0.1) is 6.92 Å². The first-order valence-corrected chi connectivity index (χ1v) is 7.63. The van der Waals surface area contributed by atoms with Crippen LogP contribution in [-0.4, -0.2) is 18.6 Å². The van der Waals surface area contributed by atoms with Crippen molar-refractivity contribution in [1.29, 1.82) is 0 Å². The Labute approximate surface area is 135 Å². The second-order valence-electron chi connectivity index (χ2n) is 4.92. The van der Waals surface area contributed by atoms with E-state index in [2.05, 4.69) is 17.2 Å². The molecule has 0 bridgehead atoms. The summed E-state index contributed by atoms with van der Waals surface area (Å²) in [6.45, 7) is 5.41. The van der Waals surface area contributed by atoms with Crippen molar-refractivity contribution < 1.29 is 4.42 Å². The molecule has 0 aliphatic heterocycles. The van der Waals surface area contributed by atoms with Crippen LogP contribution in [0.3, 0.4) is 0 Å². The van der Waals surface area contributed by atoms with Crippen molar-refractivity contribution in [2.45, 2.75) is 26.8 Å². The van der Waals surface area contributed by atoms with Crippen molar-refractivity contribution >= 4 is 34.8 Å². The number of hydrogen-bond acceptors (Lipinski definition) is 4. The van der Waals surface area contributed by atoms with Gasteiger partial charge in [-0.2, -0.15) is 0 Å². The number of rotatable bonds is 6.